The van der Waals surface area contributed by atoms with Crippen LogP contribution in [0, 0.1) is 5.41 Å². The van der Waals surface area contributed by atoms with Gasteiger partial charge in [-0.15, -0.1) is 0 Å². The largest absolute Gasteiger partial charge is 0.465 e. The van der Waals surface area contributed by atoms with Crippen LogP contribution in [0.3, 0.4) is 0 Å². The van der Waals surface area contributed by atoms with Crippen molar-refractivity contribution >= 4 is 17.7 Å². The van der Waals surface area contributed by atoms with E-state index in [1.807, 2.05) is 0 Å². The number of hydrogen-bond acceptors (Lipinski definition) is 6. The highest BCUT2D eigenvalue weighted by molar-refractivity contribution is 8.07. The van der Waals surface area contributed by atoms with E-state index in [1.165, 1.54) is 64.2 Å². The van der Waals surface area contributed by atoms with Gasteiger partial charge in [0, 0.05) is 16.9 Å². The molecule has 3 N–H and O–H groups in total. The Balaban J connectivity index is 1.89. The number of aliphatic hydroxyl groups is 3. The lowest BCUT2D eigenvalue weighted by Crippen LogP contribution is -2.39. The molecule has 0 saturated carbocycles. The lowest BCUT2D eigenvalue weighted by atomic mass is 9.93. The van der Waals surface area contributed by atoms with Gasteiger partial charge in [-0.2, -0.15) is 11.8 Å². The topological polar surface area (TPSA) is 87.0 Å². The summed E-state index contributed by atoms with van der Waals surface area (Å²) >= 11 is 2.18. The van der Waals surface area contributed by atoms with E-state index in [2.05, 4.69) is 18.7 Å². The monoisotopic (exact) mass is 432 g/mol. The van der Waals surface area contributed by atoms with Crippen LogP contribution >= 0.6 is 11.8 Å². The quantitative estimate of drug-likeness (QED) is 0.150. The Labute approximate surface area is 182 Å². The lowest BCUT2D eigenvalue weighted by molar-refractivity contribution is -0.151. The number of ether oxygens (including phenoxy) is 1. The molecule has 29 heavy (non-hydrogen) atoms. The van der Waals surface area contributed by atoms with Gasteiger partial charge in [0.2, 0.25) is 0 Å². The van der Waals surface area contributed by atoms with Crippen LogP contribution in [0.1, 0.15) is 96.8 Å². The van der Waals surface area contributed by atoms with Gasteiger partial charge in [-0.3, -0.25) is 4.79 Å². The molecule has 2 atom stereocenters. The molecule has 0 amide bonds. The molecule has 1 fully saturated rings. The van der Waals surface area contributed by atoms with E-state index in [4.69, 9.17) is 4.74 Å². The van der Waals surface area contributed by atoms with Crippen molar-refractivity contribution in [2.24, 2.45) is 5.41 Å². The van der Waals surface area contributed by atoms with Crippen molar-refractivity contribution in [2.75, 3.05) is 26.4 Å². The Morgan fingerprint density at radius 1 is 0.793 bits per heavy atom. The molecule has 1 aliphatic rings. The molecule has 0 bridgehead atoms. The first-order chi connectivity index (χ1) is 14.1. The third-order valence-corrected chi connectivity index (χ3v) is 7.46. The van der Waals surface area contributed by atoms with E-state index in [0.29, 0.717) is 6.42 Å². The van der Waals surface area contributed by atoms with Gasteiger partial charge in [0.05, 0.1) is 25.2 Å². The van der Waals surface area contributed by atoms with Gasteiger partial charge >= 0.3 is 5.97 Å². The van der Waals surface area contributed by atoms with Crippen LogP contribution in [0.4, 0.5) is 0 Å². The fraction of sp³-hybridized carbons (Fsp3) is 0.957. The SMILES string of the molecule is CCCCCCCCC1SC1CCCCCCCC(=O)OCC(CO)(CO)CO. The van der Waals surface area contributed by atoms with Crippen LogP contribution < -0.4 is 0 Å². The molecule has 1 saturated heterocycles. The van der Waals surface area contributed by atoms with Crippen LogP contribution in [0.2, 0.25) is 0 Å². The zero-order valence-corrected chi connectivity index (χ0v) is 19.3. The van der Waals surface area contributed by atoms with Crippen molar-refractivity contribution in [3.05, 3.63) is 0 Å². The van der Waals surface area contributed by atoms with E-state index < -0.39 is 25.2 Å². The number of rotatable bonds is 20. The maximum Gasteiger partial charge on any atom is 0.305 e. The second-order valence-corrected chi connectivity index (χ2v) is 10.2. The minimum absolute atomic E-state index is 0.145. The highest BCUT2D eigenvalue weighted by Crippen LogP contribution is 2.47. The predicted molar refractivity (Wildman–Crippen MR) is 120 cm³/mol. The summed E-state index contributed by atoms with van der Waals surface area (Å²) in [6.45, 7) is 0.890. The van der Waals surface area contributed by atoms with Crippen molar-refractivity contribution in [1.82, 2.24) is 0 Å². The van der Waals surface area contributed by atoms with E-state index >= 15 is 0 Å². The van der Waals surface area contributed by atoms with Crippen LogP contribution in [0.15, 0.2) is 0 Å². The zero-order valence-electron chi connectivity index (χ0n) is 18.4. The Bertz CT molecular complexity index is 406. The summed E-state index contributed by atoms with van der Waals surface area (Å²) in [5, 5.41) is 29.5. The van der Waals surface area contributed by atoms with Crippen molar-refractivity contribution in [1.29, 1.82) is 0 Å². The molecule has 172 valence electrons. The second-order valence-electron chi connectivity index (χ2n) is 8.71. The van der Waals surface area contributed by atoms with Gasteiger partial charge in [0.15, 0.2) is 0 Å². The van der Waals surface area contributed by atoms with Crippen LogP contribution in [-0.2, 0) is 9.53 Å². The molecule has 0 aromatic heterocycles. The predicted octanol–water partition coefficient (Wildman–Crippen LogP) is 4.46. The standard InChI is InChI=1S/C23H44O5S/c1-2-3-4-5-7-10-13-20-21(29-20)14-11-8-6-9-12-15-22(27)28-19-23(16-24,17-25)18-26/h20-21,24-26H,2-19H2,1H3. The summed E-state index contributed by atoms with van der Waals surface area (Å²) in [5.41, 5.74) is -1.14. The van der Waals surface area contributed by atoms with E-state index in [1.54, 1.807) is 0 Å². The molecule has 0 aromatic carbocycles. The molecule has 6 heteroatoms. The van der Waals surface area contributed by atoms with Crippen molar-refractivity contribution < 1.29 is 24.9 Å². The van der Waals surface area contributed by atoms with Crippen molar-refractivity contribution in [2.45, 2.75) is 107 Å². The summed E-state index contributed by atoms with van der Waals surface area (Å²) in [6, 6.07) is 0. The highest BCUT2D eigenvalue weighted by atomic mass is 32.2. The molecule has 1 heterocycles. The molecular formula is C23H44O5S. The molecule has 5 nitrogen and oxygen atoms in total. The van der Waals surface area contributed by atoms with Crippen LogP contribution in [-0.4, -0.2) is 58.2 Å². The van der Waals surface area contributed by atoms with Gasteiger partial charge in [-0.25, -0.2) is 0 Å². The molecule has 0 spiro atoms. The summed E-state index contributed by atoms with van der Waals surface area (Å²) in [4.78, 5) is 11.8. The first kappa shape index (κ1) is 26.7. The first-order valence-corrected chi connectivity index (χ1v) is 12.7. The maximum atomic E-state index is 11.8. The summed E-state index contributed by atoms with van der Waals surface area (Å²) in [5.74, 6) is -0.323. The highest BCUT2D eigenvalue weighted by Gasteiger charge is 2.36. The minimum Gasteiger partial charge on any atom is -0.465 e. The fourth-order valence-corrected chi connectivity index (χ4v) is 4.79. The maximum absolute atomic E-state index is 11.8. The molecule has 1 rings (SSSR count). The zero-order chi connectivity index (χ0) is 21.4. The summed E-state index contributed by atoms with van der Waals surface area (Å²) in [6.07, 6.45) is 17.0. The summed E-state index contributed by atoms with van der Waals surface area (Å²) < 4.78 is 5.10. The van der Waals surface area contributed by atoms with E-state index in [9.17, 15) is 20.1 Å². The van der Waals surface area contributed by atoms with Crippen LogP contribution in [0.5, 0.6) is 0 Å². The molecular weight excluding hydrogens is 388 g/mol. The number of thioether (sulfide) groups is 1. The Kier molecular flexibility index (Phi) is 15.1. The fourth-order valence-electron chi connectivity index (χ4n) is 3.55. The molecule has 0 aromatic rings. The second kappa shape index (κ2) is 16.4. The number of carbonyl (C=O) groups excluding carboxylic acids is 1. The number of esters is 1. The first-order valence-electron chi connectivity index (χ1n) is 11.7. The average Bonchev–Trinajstić information content (AvgIpc) is 3.49. The van der Waals surface area contributed by atoms with Crippen molar-refractivity contribution in [3.8, 4) is 0 Å². The molecule has 0 aliphatic carbocycles. The minimum atomic E-state index is -1.14. The van der Waals surface area contributed by atoms with E-state index in [0.717, 1.165) is 29.8 Å². The van der Waals surface area contributed by atoms with Gasteiger partial charge in [-0.1, -0.05) is 71.1 Å². The smallest absolute Gasteiger partial charge is 0.305 e. The Morgan fingerprint density at radius 3 is 1.79 bits per heavy atom. The Hall–Kier alpha value is -0.300. The number of aliphatic hydroxyl groups excluding tert-OH is 3. The third-order valence-electron chi connectivity index (χ3n) is 5.94. The number of unbranched alkanes of at least 4 members (excludes halogenated alkanes) is 9. The van der Waals surface area contributed by atoms with Gasteiger partial charge in [-0.05, 0) is 19.3 Å². The molecule has 2 unspecified atom stereocenters. The lowest BCUT2D eigenvalue weighted by Gasteiger charge is -2.26. The van der Waals surface area contributed by atoms with Crippen molar-refractivity contribution in [3.63, 3.8) is 0 Å². The van der Waals surface area contributed by atoms with E-state index in [-0.39, 0.29) is 12.6 Å². The summed E-state index contributed by atoms with van der Waals surface area (Å²) in [7, 11) is 0. The number of hydrogen-bond donors (Lipinski definition) is 3. The Morgan fingerprint density at radius 2 is 1.28 bits per heavy atom. The molecule has 1 aliphatic heterocycles. The normalized spacial score (nSPS) is 18.8. The van der Waals surface area contributed by atoms with Gasteiger partial charge in [0.1, 0.15) is 6.61 Å². The van der Waals surface area contributed by atoms with Gasteiger partial charge in [0.25, 0.3) is 0 Å². The van der Waals surface area contributed by atoms with Gasteiger partial charge < -0.3 is 20.1 Å². The third kappa shape index (κ3) is 12.2. The molecule has 0 radical (unpaired) electrons. The van der Waals surface area contributed by atoms with Crippen LogP contribution in [0.25, 0.3) is 0 Å². The average molecular weight is 433 g/mol. The number of carbonyl (C=O) groups is 1.